The van der Waals surface area contributed by atoms with Gasteiger partial charge in [-0.05, 0) is 97.9 Å². The second-order valence-corrected chi connectivity index (χ2v) is 13.2. The van der Waals surface area contributed by atoms with Crippen LogP contribution >= 0.6 is 0 Å². The number of hydrogen-bond acceptors (Lipinski definition) is 9. The van der Waals surface area contributed by atoms with Gasteiger partial charge < -0.3 is 25.2 Å². The molecule has 4 rings (SSSR count). The number of alkyl carbamates (subject to hydrolysis) is 1. The molecule has 1 aliphatic rings. The predicted molar refractivity (Wildman–Crippen MR) is 170 cm³/mol. The van der Waals surface area contributed by atoms with Gasteiger partial charge in [-0.1, -0.05) is 0 Å². The zero-order chi connectivity index (χ0) is 33.2. The first-order chi connectivity index (χ1) is 21.1. The number of carboxylic acid groups (broad SMARTS) is 1. The van der Waals surface area contributed by atoms with Gasteiger partial charge in [0.15, 0.2) is 11.3 Å². The van der Waals surface area contributed by atoms with Crippen LogP contribution in [0.5, 0.6) is 5.75 Å². The maximum Gasteiger partial charge on any atom is 0.407 e. The summed E-state index contributed by atoms with van der Waals surface area (Å²) >= 11 is 0. The minimum Gasteiger partial charge on any atom is -0.494 e. The molecule has 0 saturated heterocycles. The standard InChI is InChI=1S/C32H44N6O7/c1-9-43-24-16-14-23(15-17-24)38(19-39,45-32(6,7)8)28-20(2)26(36-27-25(29(40)41)18-33-37(27)28)34-21-10-12-22(13-11-21)35-30(42)44-31(3,4)5/h14-19,21-22H,9-13H2,1-8H3,(H2-,33,34,35,36,40,41,42)/p+1. The van der Waals surface area contributed by atoms with E-state index in [2.05, 4.69) is 15.7 Å². The Labute approximate surface area is 263 Å². The number of carbonyl (C=O) groups excluding carboxylic acids is 2. The summed E-state index contributed by atoms with van der Waals surface area (Å²) in [4.78, 5) is 49.1. The van der Waals surface area contributed by atoms with Gasteiger partial charge in [-0.15, -0.1) is 0 Å². The fourth-order valence-electron chi connectivity index (χ4n) is 5.50. The van der Waals surface area contributed by atoms with E-state index in [0.717, 1.165) is 12.8 Å². The van der Waals surface area contributed by atoms with Crippen LogP contribution in [0, 0.1) is 6.92 Å². The quantitative estimate of drug-likeness (QED) is 0.141. The molecule has 2 heterocycles. The van der Waals surface area contributed by atoms with Crippen LogP contribution in [-0.2, 0) is 14.4 Å². The van der Waals surface area contributed by atoms with Crippen molar-refractivity contribution >= 4 is 41.4 Å². The van der Waals surface area contributed by atoms with E-state index in [4.69, 9.17) is 19.3 Å². The third kappa shape index (κ3) is 7.71. The molecule has 0 aliphatic heterocycles. The fraction of sp³-hybridized carbons (Fsp3) is 0.531. The number of rotatable bonds is 10. The SMILES string of the molecule is CCOc1ccc([N+](C=O)(OC(C)(C)C)c2c(C)c(NC3CCC(NC(=O)OC(C)(C)C)CC3)nc3c(C(=O)O)cnn23)cc1. The number of nitrogens with zero attached hydrogens (tertiary/aromatic N) is 4. The molecule has 1 atom stereocenters. The maximum absolute atomic E-state index is 13.3. The van der Waals surface area contributed by atoms with Crippen LogP contribution in [0.4, 0.5) is 22.1 Å². The lowest BCUT2D eigenvalue weighted by atomic mass is 9.91. The number of quaternary nitrogens is 1. The summed E-state index contributed by atoms with van der Waals surface area (Å²) in [6, 6.07) is 6.94. The largest absolute Gasteiger partial charge is 0.494 e. The molecule has 2 aromatic heterocycles. The number of anilines is 1. The zero-order valence-electron chi connectivity index (χ0n) is 27.3. The number of hydroxylamine groups is 1. The first-order valence-corrected chi connectivity index (χ1v) is 15.2. The van der Waals surface area contributed by atoms with Crippen molar-refractivity contribution in [2.45, 2.75) is 104 Å². The normalized spacial score (nSPS) is 18.6. The van der Waals surface area contributed by atoms with E-state index in [1.165, 1.54) is 10.7 Å². The molecular weight excluding hydrogens is 580 g/mol. The van der Waals surface area contributed by atoms with Crippen molar-refractivity contribution in [1.29, 1.82) is 0 Å². The summed E-state index contributed by atoms with van der Waals surface area (Å²) in [7, 11) is 0. The highest BCUT2D eigenvalue weighted by Gasteiger charge is 2.46. The van der Waals surface area contributed by atoms with Crippen LogP contribution in [0.3, 0.4) is 0 Å². The highest BCUT2D eigenvalue weighted by Crippen LogP contribution is 2.42. The average molecular weight is 626 g/mol. The lowest BCUT2D eigenvalue weighted by molar-refractivity contribution is -0.187. The van der Waals surface area contributed by atoms with E-state index in [1.54, 1.807) is 31.2 Å². The van der Waals surface area contributed by atoms with E-state index < -0.39 is 27.9 Å². The summed E-state index contributed by atoms with van der Waals surface area (Å²) in [6.07, 6.45) is 4.32. The molecule has 2 amide bonds. The second-order valence-electron chi connectivity index (χ2n) is 13.2. The minimum atomic E-state index is -1.20. The smallest absolute Gasteiger partial charge is 0.407 e. The molecular formula is C32H45N6O7+. The molecule has 1 saturated carbocycles. The average Bonchev–Trinajstić information content (AvgIpc) is 3.36. The van der Waals surface area contributed by atoms with Crippen molar-refractivity contribution in [3.05, 3.63) is 41.6 Å². The number of carbonyl (C=O) groups is 3. The Hall–Kier alpha value is -4.23. The van der Waals surface area contributed by atoms with E-state index in [9.17, 15) is 19.5 Å². The summed E-state index contributed by atoms with van der Waals surface area (Å²) in [5.74, 6) is 0.124. The van der Waals surface area contributed by atoms with Gasteiger partial charge in [0.1, 0.15) is 28.3 Å². The monoisotopic (exact) mass is 625 g/mol. The van der Waals surface area contributed by atoms with Crippen LogP contribution in [-0.4, -0.2) is 68.1 Å². The lowest BCUT2D eigenvalue weighted by Crippen LogP contribution is -2.50. The van der Waals surface area contributed by atoms with Crippen LogP contribution in [0.1, 0.15) is 90.1 Å². The Morgan fingerprint density at radius 1 is 1.04 bits per heavy atom. The molecule has 45 heavy (non-hydrogen) atoms. The van der Waals surface area contributed by atoms with E-state index in [1.807, 2.05) is 48.5 Å². The topological polar surface area (TPSA) is 153 Å². The Bertz CT molecular complexity index is 1530. The van der Waals surface area contributed by atoms with E-state index >= 15 is 0 Å². The van der Waals surface area contributed by atoms with Crippen molar-refractivity contribution < 1.29 is 33.8 Å². The second kappa shape index (κ2) is 13.0. The molecule has 0 spiro atoms. The van der Waals surface area contributed by atoms with Crippen molar-refractivity contribution in [3.63, 3.8) is 0 Å². The summed E-state index contributed by atoms with van der Waals surface area (Å²) in [6.45, 7) is 15.1. The number of carboxylic acids is 1. The Kier molecular flexibility index (Phi) is 9.74. The first-order valence-electron chi connectivity index (χ1n) is 15.2. The Morgan fingerprint density at radius 3 is 2.20 bits per heavy atom. The molecule has 3 N–H and O–H groups in total. The van der Waals surface area contributed by atoms with Crippen molar-refractivity contribution in [2.75, 3.05) is 11.9 Å². The summed E-state index contributed by atoms with van der Waals surface area (Å²) in [5.41, 5.74) is -0.429. The van der Waals surface area contributed by atoms with Gasteiger partial charge in [0.25, 0.3) is 5.82 Å². The van der Waals surface area contributed by atoms with Gasteiger partial charge in [0.05, 0.1) is 18.4 Å². The van der Waals surface area contributed by atoms with Crippen LogP contribution in [0.2, 0.25) is 0 Å². The zero-order valence-corrected chi connectivity index (χ0v) is 27.3. The molecule has 1 aliphatic carbocycles. The van der Waals surface area contributed by atoms with Crippen LogP contribution in [0.25, 0.3) is 5.65 Å². The number of aromatic carboxylic acids is 1. The predicted octanol–water partition coefficient (Wildman–Crippen LogP) is 5.91. The molecule has 3 aromatic rings. The highest BCUT2D eigenvalue weighted by atomic mass is 16.7. The van der Waals surface area contributed by atoms with Crippen molar-refractivity contribution in [2.24, 2.45) is 0 Å². The number of benzene rings is 1. The van der Waals surface area contributed by atoms with Crippen molar-refractivity contribution in [3.8, 4) is 5.75 Å². The van der Waals surface area contributed by atoms with Crippen LogP contribution in [0.15, 0.2) is 30.5 Å². The lowest BCUT2D eigenvalue weighted by Gasteiger charge is -2.35. The molecule has 0 radical (unpaired) electrons. The summed E-state index contributed by atoms with van der Waals surface area (Å²) in [5, 5.41) is 20.8. The number of amides is 2. The molecule has 13 nitrogen and oxygen atoms in total. The third-order valence-electron chi connectivity index (χ3n) is 7.28. The van der Waals surface area contributed by atoms with Crippen LogP contribution < -0.4 is 20.0 Å². The first kappa shape index (κ1) is 33.7. The van der Waals surface area contributed by atoms with Gasteiger partial charge in [0.2, 0.25) is 0 Å². The van der Waals surface area contributed by atoms with Gasteiger partial charge in [-0.3, -0.25) is 0 Å². The molecule has 13 heteroatoms. The van der Waals surface area contributed by atoms with E-state index in [-0.39, 0.29) is 29.1 Å². The van der Waals surface area contributed by atoms with Gasteiger partial charge >= 0.3 is 18.5 Å². The van der Waals surface area contributed by atoms with Gasteiger partial charge in [-0.2, -0.15) is 14.5 Å². The minimum absolute atomic E-state index is 0.0217. The van der Waals surface area contributed by atoms with Gasteiger partial charge in [-0.25, -0.2) is 19.4 Å². The number of aromatic nitrogens is 3. The molecule has 1 aromatic carbocycles. The number of nitrogens with one attached hydrogen (secondary N) is 2. The molecule has 1 unspecified atom stereocenters. The Morgan fingerprint density at radius 2 is 1.67 bits per heavy atom. The third-order valence-corrected chi connectivity index (χ3v) is 7.28. The molecule has 0 bridgehead atoms. The molecule has 1 fully saturated rings. The number of ether oxygens (including phenoxy) is 2. The summed E-state index contributed by atoms with van der Waals surface area (Å²) < 4.78 is 11.6. The fourth-order valence-corrected chi connectivity index (χ4v) is 5.50. The van der Waals surface area contributed by atoms with Gasteiger partial charge in [0, 0.05) is 24.2 Å². The van der Waals surface area contributed by atoms with E-state index in [0.29, 0.717) is 48.7 Å². The maximum atomic E-state index is 13.3. The Balaban J connectivity index is 1.77. The molecule has 244 valence electrons. The van der Waals surface area contributed by atoms with Crippen molar-refractivity contribution in [1.82, 2.24) is 24.6 Å². The number of hydrogen-bond donors (Lipinski definition) is 3. The number of fused-ring (bicyclic) bond motifs is 1. The highest BCUT2D eigenvalue weighted by molar-refractivity contribution is 5.95.